The van der Waals surface area contributed by atoms with Crippen molar-refractivity contribution in [1.29, 1.82) is 0 Å². The normalized spacial score (nSPS) is 15.1. The number of carbonyl (C=O) groups is 1. The molecule has 14 heavy (non-hydrogen) atoms. The van der Waals surface area contributed by atoms with Crippen molar-refractivity contribution in [3.05, 3.63) is 22.4 Å². The van der Waals surface area contributed by atoms with E-state index in [9.17, 15) is 4.79 Å². The van der Waals surface area contributed by atoms with E-state index in [1.54, 1.807) is 11.3 Å². The molecule has 0 saturated carbocycles. The number of Topliss-reactive ketones (excluding diaryl/α,β-unsaturated/α-hetero) is 1. The standard InChI is InChI=1S/C11H17NOS/c1-3-8(2)7-9(13)11(12)10-5-4-6-14-10/h4-6,8,11H,3,7,12H2,1-2H3. The van der Waals surface area contributed by atoms with Crippen molar-refractivity contribution in [2.24, 2.45) is 11.7 Å². The van der Waals surface area contributed by atoms with E-state index >= 15 is 0 Å². The van der Waals surface area contributed by atoms with Gasteiger partial charge in [-0.2, -0.15) is 0 Å². The Morgan fingerprint density at radius 3 is 2.86 bits per heavy atom. The van der Waals surface area contributed by atoms with Crippen LogP contribution < -0.4 is 5.73 Å². The van der Waals surface area contributed by atoms with Gasteiger partial charge in [-0.1, -0.05) is 26.3 Å². The molecular formula is C11H17NOS. The summed E-state index contributed by atoms with van der Waals surface area (Å²) in [5, 5.41) is 1.95. The molecule has 1 heterocycles. The molecule has 2 unspecified atom stereocenters. The van der Waals surface area contributed by atoms with Gasteiger partial charge in [0.05, 0.1) is 6.04 Å². The molecule has 1 aromatic heterocycles. The van der Waals surface area contributed by atoms with E-state index in [4.69, 9.17) is 5.73 Å². The molecule has 0 spiro atoms. The molecule has 1 aromatic rings. The Hall–Kier alpha value is -0.670. The molecule has 0 aliphatic carbocycles. The molecule has 78 valence electrons. The van der Waals surface area contributed by atoms with Gasteiger partial charge in [0.2, 0.25) is 0 Å². The van der Waals surface area contributed by atoms with Crippen LogP contribution in [0.25, 0.3) is 0 Å². The fourth-order valence-electron chi connectivity index (χ4n) is 1.24. The van der Waals surface area contributed by atoms with Gasteiger partial charge in [0.15, 0.2) is 5.78 Å². The number of thiophene rings is 1. The molecule has 2 N–H and O–H groups in total. The second-order valence-corrected chi connectivity index (χ2v) is 4.66. The SMILES string of the molecule is CCC(C)CC(=O)C(N)c1cccs1. The van der Waals surface area contributed by atoms with Gasteiger partial charge in [0.1, 0.15) is 0 Å². The lowest BCUT2D eigenvalue weighted by Crippen LogP contribution is -2.22. The van der Waals surface area contributed by atoms with Crippen LogP contribution in [-0.2, 0) is 4.79 Å². The van der Waals surface area contributed by atoms with Gasteiger partial charge in [-0.25, -0.2) is 0 Å². The van der Waals surface area contributed by atoms with Crippen LogP contribution in [0, 0.1) is 5.92 Å². The van der Waals surface area contributed by atoms with Crippen LogP contribution in [0.3, 0.4) is 0 Å². The zero-order valence-corrected chi connectivity index (χ0v) is 9.51. The maximum Gasteiger partial charge on any atom is 0.155 e. The Morgan fingerprint density at radius 1 is 1.64 bits per heavy atom. The summed E-state index contributed by atoms with van der Waals surface area (Å²) in [4.78, 5) is 12.7. The van der Waals surface area contributed by atoms with Crippen LogP contribution in [-0.4, -0.2) is 5.78 Å². The minimum atomic E-state index is -0.413. The number of rotatable bonds is 5. The van der Waals surface area contributed by atoms with Crippen molar-refractivity contribution in [2.75, 3.05) is 0 Å². The third-order valence-corrected chi connectivity index (χ3v) is 3.40. The van der Waals surface area contributed by atoms with Gasteiger partial charge in [0, 0.05) is 11.3 Å². The minimum absolute atomic E-state index is 0.154. The Balaban J connectivity index is 2.53. The maximum atomic E-state index is 11.7. The summed E-state index contributed by atoms with van der Waals surface area (Å²) >= 11 is 1.55. The van der Waals surface area contributed by atoms with E-state index in [2.05, 4.69) is 13.8 Å². The number of nitrogens with two attached hydrogens (primary N) is 1. The highest BCUT2D eigenvalue weighted by molar-refractivity contribution is 7.10. The van der Waals surface area contributed by atoms with Crippen molar-refractivity contribution in [3.8, 4) is 0 Å². The Kier molecular flexibility index (Phi) is 4.29. The van der Waals surface area contributed by atoms with Crippen molar-refractivity contribution in [3.63, 3.8) is 0 Å². The number of carbonyl (C=O) groups excluding carboxylic acids is 1. The average molecular weight is 211 g/mol. The molecular weight excluding hydrogens is 194 g/mol. The van der Waals surface area contributed by atoms with E-state index in [0.717, 1.165) is 11.3 Å². The number of hydrogen-bond acceptors (Lipinski definition) is 3. The Bertz CT molecular complexity index is 281. The van der Waals surface area contributed by atoms with Crippen molar-refractivity contribution in [2.45, 2.75) is 32.7 Å². The molecule has 0 aromatic carbocycles. The molecule has 2 nitrogen and oxygen atoms in total. The minimum Gasteiger partial charge on any atom is -0.317 e. The summed E-state index contributed by atoms with van der Waals surface area (Å²) in [5.74, 6) is 0.593. The quantitative estimate of drug-likeness (QED) is 0.813. The fourth-order valence-corrected chi connectivity index (χ4v) is 1.99. The predicted octanol–water partition coefficient (Wildman–Crippen LogP) is 2.75. The largest absolute Gasteiger partial charge is 0.317 e. The summed E-state index contributed by atoms with van der Waals surface area (Å²) in [6, 6.07) is 3.43. The molecule has 0 radical (unpaired) electrons. The highest BCUT2D eigenvalue weighted by Crippen LogP contribution is 2.20. The molecule has 0 aliphatic rings. The average Bonchev–Trinajstić information content (AvgIpc) is 2.69. The second kappa shape index (κ2) is 5.27. The van der Waals surface area contributed by atoms with E-state index in [0.29, 0.717) is 12.3 Å². The first kappa shape index (κ1) is 11.4. The molecule has 0 saturated heterocycles. The van der Waals surface area contributed by atoms with Crippen LogP contribution in [0.4, 0.5) is 0 Å². The lowest BCUT2D eigenvalue weighted by atomic mass is 9.98. The first-order valence-electron chi connectivity index (χ1n) is 4.96. The molecule has 1 rings (SSSR count). The number of ketones is 1. The summed E-state index contributed by atoms with van der Waals surface area (Å²) in [5.41, 5.74) is 5.85. The monoisotopic (exact) mass is 211 g/mol. The smallest absolute Gasteiger partial charge is 0.155 e. The summed E-state index contributed by atoms with van der Waals surface area (Å²) in [6.45, 7) is 4.17. The van der Waals surface area contributed by atoms with Crippen LogP contribution in [0.2, 0.25) is 0 Å². The van der Waals surface area contributed by atoms with Gasteiger partial charge in [0.25, 0.3) is 0 Å². The van der Waals surface area contributed by atoms with Gasteiger partial charge < -0.3 is 5.73 Å². The zero-order chi connectivity index (χ0) is 10.6. The van der Waals surface area contributed by atoms with E-state index in [1.165, 1.54) is 0 Å². The van der Waals surface area contributed by atoms with Crippen molar-refractivity contribution >= 4 is 17.1 Å². The lowest BCUT2D eigenvalue weighted by Gasteiger charge is -2.11. The lowest BCUT2D eigenvalue weighted by molar-refractivity contribution is -0.121. The van der Waals surface area contributed by atoms with Crippen molar-refractivity contribution in [1.82, 2.24) is 0 Å². The molecule has 3 heteroatoms. The van der Waals surface area contributed by atoms with Crippen molar-refractivity contribution < 1.29 is 4.79 Å². The molecule has 0 bridgehead atoms. The van der Waals surface area contributed by atoms with E-state index in [-0.39, 0.29) is 5.78 Å². The Labute approximate surface area is 89.1 Å². The van der Waals surface area contributed by atoms with Gasteiger partial charge in [-0.05, 0) is 17.4 Å². The van der Waals surface area contributed by atoms with Crippen LogP contribution >= 0.6 is 11.3 Å². The van der Waals surface area contributed by atoms with Gasteiger partial charge in [-0.15, -0.1) is 11.3 Å². The predicted molar refractivity (Wildman–Crippen MR) is 60.3 cm³/mol. The molecule has 0 fully saturated rings. The second-order valence-electron chi connectivity index (χ2n) is 3.68. The highest BCUT2D eigenvalue weighted by Gasteiger charge is 2.18. The molecule has 0 amide bonds. The maximum absolute atomic E-state index is 11.7. The van der Waals surface area contributed by atoms with Gasteiger partial charge >= 0.3 is 0 Å². The van der Waals surface area contributed by atoms with Gasteiger partial charge in [-0.3, -0.25) is 4.79 Å². The summed E-state index contributed by atoms with van der Waals surface area (Å²) in [6.07, 6.45) is 1.62. The third kappa shape index (κ3) is 2.93. The van der Waals surface area contributed by atoms with Crippen LogP contribution in [0.5, 0.6) is 0 Å². The summed E-state index contributed by atoms with van der Waals surface area (Å²) < 4.78 is 0. The Morgan fingerprint density at radius 2 is 2.36 bits per heavy atom. The number of hydrogen-bond donors (Lipinski definition) is 1. The van der Waals surface area contributed by atoms with E-state index in [1.807, 2.05) is 17.5 Å². The summed E-state index contributed by atoms with van der Waals surface area (Å²) in [7, 11) is 0. The third-order valence-electron chi connectivity index (χ3n) is 2.44. The molecule has 2 atom stereocenters. The topological polar surface area (TPSA) is 43.1 Å². The fraction of sp³-hybridized carbons (Fsp3) is 0.545. The first-order chi connectivity index (χ1) is 6.65. The molecule has 0 aliphatic heterocycles. The van der Waals surface area contributed by atoms with Crippen LogP contribution in [0.1, 0.15) is 37.6 Å². The zero-order valence-electron chi connectivity index (χ0n) is 8.69. The van der Waals surface area contributed by atoms with E-state index < -0.39 is 6.04 Å². The first-order valence-corrected chi connectivity index (χ1v) is 5.84. The highest BCUT2D eigenvalue weighted by atomic mass is 32.1. The van der Waals surface area contributed by atoms with Crippen LogP contribution in [0.15, 0.2) is 17.5 Å².